The summed E-state index contributed by atoms with van der Waals surface area (Å²) >= 11 is 0. The van der Waals surface area contributed by atoms with Crippen molar-refractivity contribution in [3.05, 3.63) is 58.7 Å². The van der Waals surface area contributed by atoms with Crippen LogP contribution < -0.4 is 9.46 Å². The molecule has 1 saturated carbocycles. The molecule has 3 fully saturated rings. The molecule has 4 aliphatic rings. The highest BCUT2D eigenvalue weighted by atomic mass is 32.2. The van der Waals surface area contributed by atoms with E-state index in [0.29, 0.717) is 24.1 Å². The van der Waals surface area contributed by atoms with E-state index in [4.69, 9.17) is 4.74 Å². The number of aromatic nitrogens is 1. The second-order valence-corrected chi connectivity index (χ2v) is 14.8. The van der Waals surface area contributed by atoms with Crippen LogP contribution >= 0.6 is 0 Å². The van der Waals surface area contributed by atoms with Gasteiger partial charge in [-0.25, -0.2) is 4.72 Å². The van der Waals surface area contributed by atoms with E-state index in [2.05, 4.69) is 27.2 Å². The fraction of sp³-hybridized carbons (Fsp3) is 0.471. The molecule has 2 atom stereocenters. The molecule has 2 amide bonds. The molecule has 1 aliphatic carbocycles. The van der Waals surface area contributed by atoms with Gasteiger partial charge in [-0.15, -0.1) is 0 Å². The summed E-state index contributed by atoms with van der Waals surface area (Å²) in [6, 6.07) is 12.2. The zero-order chi connectivity index (χ0) is 31.6. The Bertz CT molecular complexity index is 1840. The second-order valence-electron chi connectivity index (χ2n) is 12.9. The normalized spacial score (nSPS) is 21.6. The van der Waals surface area contributed by atoms with Crippen LogP contribution in [0.3, 0.4) is 0 Å². The molecular formula is C34H41N5O5S. The van der Waals surface area contributed by atoms with Crippen LogP contribution in [0.1, 0.15) is 66.4 Å². The van der Waals surface area contributed by atoms with Gasteiger partial charge in [0.1, 0.15) is 5.75 Å². The van der Waals surface area contributed by atoms with Crippen molar-refractivity contribution in [2.45, 2.75) is 63.6 Å². The number of likely N-dealkylation sites (N-methyl/N-ethyl adjacent to an activating group) is 1. The number of nitrogens with one attached hydrogen (secondary N) is 1. The van der Waals surface area contributed by atoms with Crippen LogP contribution in [0.4, 0.5) is 0 Å². The Balaban J connectivity index is 1.39. The van der Waals surface area contributed by atoms with Gasteiger partial charge in [0.15, 0.2) is 0 Å². The van der Waals surface area contributed by atoms with E-state index in [1.165, 1.54) is 26.1 Å². The molecule has 11 heteroatoms. The molecule has 0 bridgehead atoms. The molecular weight excluding hydrogens is 590 g/mol. The van der Waals surface area contributed by atoms with Crippen LogP contribution in [0.25, 0.3) is 28.2 Å². The van der Waals surface area contributed by atoms with Gasteiger partial charge in [0, 0.05) is 60.8 Å². The number of rotatable bonds is 7. The van der Waals surface area contributed by atoms with Crippen LogP contribution in [-0.4, -0.2) is 91.8 Å². The van der Waals surface area contributed by atoms with Crippen molar-refractivity contribution in [1.29, 1.82) is 0 Å². The smallest absolute Gasteiger partial charge is 0.303 e. The number of carbonyl (C=O) groups excluding carboxylic acids is 2. The van der Waals surface area contributed by atoms with Gasteiger partial charge < -0.3 is 14.2 Å². The van der Waals surface area contributed by atoms with Gasteiger partial charge in [-0.3, -0.25) is 14.5 Å². The average Bonchev–Trinajstić information content (AvgIpc) is 3.23. The highest BCUT2D eigenvalue weighted by Crippen LogP contribution is 2.47. The van der Waals surface area contributed by atoms with Crippen LogP contribution in [0, 0.1) is 0 Å². The summed E-state index contributed by atoms with van der Waals surface area (Å²) in [5.74, 6) is 0.414. The van der Waals surface area contributed by atoms with E-state index in [-0.39, 0.29) is 17.5 Å². The molecule has 2 aromatic carbocycles. The van der Waals surface area contributed by atoms with Gasteiger partial charge >= 0.3 is 10.2 Å². The molecule has 4 heterocycles. The average molecular weight is 632 g/mol. The standard InChI is InChI=1S/C34H41N5O5S/c1-5-37-19-30-29(37)20-39(30)34(41)24-15-23-16-25(44-4)12-14-26(23)32-31(21-9-7-6-8-10-21)27-13-11-22(17-28(27)38(32)18-24)33(40)35-45(42,43)36(2)3/h11-17,21,29-30H,5-10,18-20H2,1-4H3,(H,35,40). The highest BCUT2D eigenvalue weighted by Gasteiger charge is 2.53. The second kappa shape index (κ2) is 11.3. The Morgan fingerprint density at radius 2 is 1.80 bits per heavy atom. The first-order valence-corrected chi connectivity index (χ1v) is 17.4. The number of benzene rings is 2. The minimum atomic E-state index is -3.96. The van der Waals surface area contributed by atoms with Crippen molar-refractivity contribution < 1.29 is 22.7 Å². The van der Waals surface area contributed by atoms with Crippen molar-refractivity contribution in [3.63, 3.8) is 0 Å². The summed E-state index contributed by atoms with van der Waals surface area (Å²) in [4.78, 5) is 31.8. The lowest BCUT2D eigenvalue weighted by Crippen LogP contribution is -2.79. The summed E-state index contributed by atoms with van der Waals surface area (Å²) in [5, 5.41) is 1.04. The number of carbonyl (C=O) groups is 2. The first-order chi connectivity index (χ1) is 21.6. The molecule has 2 unspecified atom stereocenters. The maximum atomic E-state index is 14.2. The van der Waals surface area contributed by atoms with E-state index in [0.717, 1.165) is 83.1 Å². The Morgan fingerprint density at radius 1 is 1.02 bits per heavy atom. The summed E-state index contributed by atoms with van der Waals surface area (Å²) in [7, 11) is 0.443. The fourth-order valence-electron chi connectivity index (χ4n) is 7.71. The number of methoxy groups -OCH3 is 1. The molecule has 238 valence electrons. The zero-order valence-electron chi connectivity index (χ0n) is 26.4. The first-order valence-electron chi connectivity index (χ1n) is 16.0. The van der Waals surface area contributed by atoms with Crippen molar-refractivity contribution in [1.82, 2.24) is 23.4 Å². The fourth-order valence-corrected chi connectivity index (χ4v) is 8.24. The topological polar surface area (TPSA) is 104 Å². The predicted octanol–water partition coefficient (Wildman–Crippen LogP) is 4.21. The molecule has 3 aliphatic heterocycles. The van der Waals surface area contributed by atoms with E-state index < -0.39 is 16.1 Å². The van der Waals surface area contributed by atoms with Crippen LogP contribution in [0.15, 0.2) is 42.0 Å². The molecule has 2 saturated heterocycles. The van der Waals surface area contributed by atoms with Gasteiger partial charge in [-0.1, -0.05) is 32.3 Å². The van der Waals surface area contributed by atoms with Crippen LogP contribution in [-0.2, 0) is 21.5 Å². The third kappa shape index (κ3) is 4.96. The number of amides is 2. The van der Waals surface area contributed by atoms with E-state index in [9.17, 15) is 18.0 Å². The maximum absolute atomic E-state index is 14.2. The predicted molar refractivity (Wildman–Crippen MR) is 174 cm³/mol. The molecule has 0 spiro atoms. The van der Waals surface area contributed by atoms with Gasteiger partial charge in [0.05, 0.1) is 25.4 Å². The minimum Gasteiger partial charge on any atom is -0.497 e. The highest BCUT2D eigenvalue weighted by molar-refractivity contribution is 7.87. The number of ether oxygens (including phenoxy) is 1. The number of hydrogen-bond acceptors (Lipinski definition) is 6. The van der Waals surface area contributed by atoms with Gasteiger partial charge in [-0.2, -0.15) is 12.7 Å². The van der Waals surface area contributed by atoms with Crippen molar-refractivity contribution >= 4 is 39.0 Å². The monoisotopic (exact) mass is 631 g/mol. The lowest BCUT2D eigenvalue weighted by Gasteiger charge is -2.62. The quantitative estimate of drug-likeness (QED) is 0.419. The zero-order valence-corrected chi connectivity index (χ0v) is 27.2. The molecule has 1 aromatic heterocycles. The Labute approximate surface area is 264 Å². The third-order valence-corrected chi connectivity index (χ3v) is 11.7. The van der Waals surface area contributed by atoms with Crippen molar-refractivity contribution in [3.8, 4) is 17.0 Å². The summed E-state index contributed by atoms with van der Waals surface area (Å²) in [6.07, 6.45) is 7.70. The van der Waals surface area contributed by atoms with Crippen molar-refractivity contribution in [2.24, 2.45) is 0 Å². The third-order valence-electron chi connectivity index (χ3n) is 10.3. The van der Waals surface area contributed by atoms with Crippen LogP contribution in [0.5, 0.6) is 5.75 Å². The molecule has 7 rings (SSSR count). The number of nitrogens with zero attached hydrogens (tertiary/aromatic N) is 4. The maximum Gasteiger partial charge on any atom is 0.303 e. The largest absolute Gasteiger partial charge is 0.497 e. The summed E-state index contributed by atoms with van der Waals surface area (Å²) in [5.41, 5.74) is 6.03. The van der Waals surface area contributed by atoms with Gasteiger partial charge in [0.25, 0.3) is 11.8 Å². The number of likely N-dealkylation sites (tertiary alicyclic amines) is 2. The number of fused-ring (bicyclic) bond motifs is 6. The van der Waals surface area contributed by atoms with Crippen molar-refractivity contribution in [2.75, 3.05) is 40.8 Å². The SMILES string of the molecule is CCN1CC2C1CN2C(=O)C1=Cc2cc(OC)ccc2-c2c(C3CCCCC3)c3ccc(C(=O)NS(=O)(=O)N(C)C)cc3n2C1. The number of piperazine rings is 1. The molecule has 45 heavy (non-hydrogen) atoms. The Hall–Kier alpha value is -3.67. The Morgan fingerprint density at radius 3 is 2.47 bits per heavy atom. The minimum absolute atomic E-state index is 0.0423. The van der Waals surface area contributed by atoms with E-state index in [1.807, 2.05) is 29.2 Å². The number of hydrogen-bond donors (Lipinski definition) is 1. The van der Waals surface area contributed by atoms with E-state index >= 15 is 0 Å². The summed E-state index contributed by atoms with van der Waals surface area (Å²) in [6.45, 7) is 5.14. The van der Waals surface area contributed by atoms with Gasteiger partial charge in [-0.05, 0) is 72.8 Å². The molecule has 0 radical (unpaired) electrons. The van der Waals surface area contributed by atoms with Crippen LogP contribution in [0.2, 0.25) is 0 Å². The first kappa shape index (κ1) is 30.0. The molecule has 1 N–H and O–H groups in total. The van der Waals surface area contributed by atoms with E-state index in [1.54, 1.807) is 19.2 Å². The summed E-state index contributed by atoms with van der Waals surface area (Å²) < 4.78 is 35.9. The molecule has 10 nitrogen and oxygen atoms in total. The van der Waals surface area contributed by atoms with Gasteiger partial charge in [0.2, 0.25) is 0 Å². The molecule has 3 aromatic rings. The Kier molecular flexibility index (Phi) is 7.53. The lowest BCUT2D eigenvalue weighted by atomic mass is 9.81. The lowest BCUT2D eigenvalue weighted by molar-refractivity contribution is -0.160.